The lowest BCUT2D eigenvalue weighted by molar-refractivity contribution is 0.183. The van der Waals surface area contributed by atoms with Crippen molar-refractivity contribution >= 4 is 10.9 Å². The minimum absolute atomic E-state index is 0.254. The Hall–Kier alpha value is -3.44. The van der Waals surface area contributed by atoms with Gasteiger partial charge in [0.05, 0.1) is 0 Å². The third-order valence-electron chi connectivity index (χ3n) is 6.76. The van der Waals surface area contributed by atoms with Crippen LogP contribution in [-0.4, -0.2) is 45.9 Å². The molecule has 5 rings (SSSR count). The van der Waals surface area contributed by atoms with Gasteiger partial charge >= 0.3 is 0 Å². The Bertz CT molecular complexity index is 1270. The number of likely N-dealkylation sites (tertiary alicyclic amines) is 1. The lowest BCUT2D eigenvalue weighted by Gasteiger charge is -2.26. The first kappa shape index (κ1) is 22.4. The van der Waals surface area contributed by atoms with Crippen LogP contribution >= 0.6 is 0 Å². The molecule has 5 heteroatoms. The number of piperidine rings is 1. The average molecular weight is 457 g/mol. The molecule has 0 bridgehead atoms. The van der Waals surface area contributed by atoms with Gasteiger partial charge in [-0.05, 0) is 98.6 Å². The minimum Gasteiger partial charge on any atom is -0.508 e. The highest BCUT2D eigenvalue weighted by Gasteiger charge is 2.14. The average Bonchev–Trinajstić information content (AvgIpc) is 3.17. The van der Waals surface area contributed by atoms with Gasteiger partial charge in [0.15, 0.2) is 0 Å². The summed E-state index contributed by atoms with van der Waals surface area (Å²) in [4.78, 5) is 2.49. The zero-order chi connectivity index (χ0) is 23.5. The van der Waals surface area contributed by atoms with Gasteiger partial charge in [0.25, 0.3) is 0 Å². The molecule has 0 unspecified atom stereocenters. The third-order valence-corrected chi connectivity index (χ3v) is 6.76. The minimum atomic E-state index is 0.254. The molecule has 2 heterocycles. The van der Waals surface area contributed by atoms with E-state index in [2.05, 4.69) is 39.8 Å². The Morgan fingerprint density at radius 1 is 0.824 bits per heavy atom. The molecular formula is C29H32N2O3. The SMILES string of the molecule is Cc1cc(O)ccc1-c1cc2cc(O)ccc2n1Cc1ccc(OCCN2CCCCC2)cc1. The number of hydrogen-bond donors (Lipinski definition) is 2. The van der Waals surface area contributed by atoms with Crippen molar-refractivity contribution in [2.45, 2.75) is 32.7 Å². The van der Waals surface area contributed by atoms with Gasteiger partial charge in [-0.1, -0.05) is 18.6 Å². The fourth-order valence-electron chi connectivity index (χ4n) is 4.94. The number of aromatic nitrogens is 1. The van der Waals surface area contributed by atoms with E-state index in [0.29, 0.717) is 6.54 Å². The highest BCUT2D eigenvalue weighted by atomic mass is 16.5. The first-order chi connectivity index (χ1) is 16.6. The van der Waals surface area contributed by atoms with Crippen LogP contribution in [0.3, 0.4) is 0 Å². The topological polar surface area (TPSA) is 57.9 Å². The van der Waals surface area contributed by atoms with E-state index in [-0.39, 0.29) is 11.5 Å². The monoisotopic (exact) mass is 456 g/mol. The molecule has 1 fully saturated rings. The maximum atomic E-state index is 10.0. The van der Waals surface area contributed by atoms with Gasteiger partial charge in [-0.2, -0.15) is 0 Å². The number of fused-ring (bicyclic) bond motifs is 1. The van der Waals surface area contributed by atoms with E-state index in [1.54, 1.807) is 24.3 Å². The molecule has 0 saturated carbocycles. The van der Waals surface area contributed by atoms with Crippen LogP contribution in [0, 0.1) is 6.92 Å². The highest BCUT2D eigenvalue weighted by Crippen LogP contribution is 2.34. The summed E-state index contributed by atoms with van der Waals surface area (Å²) in [5.74, 6) is 1.42. The molecule has 0 amide bonds. The van der Waals surface area contributed by atoms with Crippen molar-refractivity contribution in [1.82, 2.24) is 9.47 Å². The number of ether oxygens (including phenoxy) is 1. The van der Waals surface area contributed by atoms with Crippen molar-refractivity contribution in [3.8, 4) is 28.5 Å². The molecule has 0 aliphatic carbocycles. The zero-order valence-electron chi connectivity index (χ0n) is 19.7. The lowest BCUT2D eigenvalue weighted by atomic mass is 10.0. The Balaban J connectivity index is 1.36. The molecule has 34 heavy (non-hydrogen) atoms. The first-order valence-electron chi connectivity index (χ1n) is 12.1. The van der Waals surface area contributed by atoms with Crippen molar-refractivity contribution in [2.24, 2.45) is 0 Å². The summed E-state index contributed by atoms with van der Waals surface area (Å²) in [6, 6.07) is 21.4. The fourth-order valence-corrected chi connectivity index (χ4v) is 4.94. The summed E-state index contributed by atoms with van der Waals surface area (Å²) < 4.78 is 8.27. The second-order valence-electron chi connectivity index (χ2n) is 9.25. The smallest absolute Gasteiger partial charge is 0.119 e. The number of hydrogen-bond acceptors (Lipinski definition) is 4. The number of nitrogens with zero attached hydrogens (tertiary/aromatic N) is 2. The summed E-state index contributed by atoms with van der Waals surface area (Å²) in [6.45, 7) is 6.78. The Morgan fingerprint density at radius 2 is 1.56 bits per heavy atom. The van der Waals surface area contributed by atoms with Crippen LogP contribution in [0.25, 0.3) is 22.2 Å². The van der Waals surface area contributed by atoms with Crippen LogP contribution in [0.1, 0.15) is 30.4 Å². The van der Waals surface area contributed by atoms with Crippen LogP contribution in [0.15, 0.2) is 66.7 Å². The summed E-state index contributed by atoms with van der Waals surface area (Å²) in [5, 5.41) is 20.9. The van der Waals surface area contributed by atoms with E-state index < -0.39 is 0 Å². The normalized spacial score (nSPS) is 14.5. The van der Waals surface area contributed by atoms with Crippen LogP contribution < -0.4 is 4.74 Å². The van der Waals surface area contributed by atoms with Gasteiger partial charge in [0.2, 0.25) is 0 Å². The predicted molar refractivity (Wildman–Crippen MR) is 137 cm³/mol. The van der Waals surface area contributed by atoms with E-state index >= 15 is 0 Å². The largest absolute Gasteiger partial charge is 0.508 e. The lowest BCUT2D eigenvalue weighted by Crippen LogP contribution is -2.33. The predicted octanol–water partition coefficient (Wildman–Crippen LogP) is 5.94. The first-order valence-corrected chi connectivity index (χ1v) is 12.1. The molecule has 5 nitrogen and oxygen atoms in total. The zero-order valence-corrected chi connectivity index (χ0v) is 19.7. The van der Waals surface area contributed by atoms with E-state index in [9.17, 15) is 10.2 Å². The maximum Gasteiger partial charge on any atom is 0.119 e. The molecule has 0 radical (unpaired) electrons. The molecule has 0 atom stereocenters. The molecule has 4 aromatic rings. The second kappa shape index (κ2) is 9.82. The van der Waals surface area contributed by atoms with Gasteiger partial charge in [0.1, 0.15) is 23.9 Å². The molecule has 0 spiro atoms. The van der Waals surface area contributed by atoms with E-state index in [0.717, 1.165) is 46.6 Å². The van der Waals surface area contributed by atoms with Crippen LogP contribution in [0.5, 0.6) is 17.2 Å². The summed E-state index contributed by atoms with van der Waals surface area (Å²) >= 11 is 0. The van der Waals surface area contributed by atoms with Gasteiger partial charge < -0.3 is 19.5 Å². The van der Waals surface area contributed by atoms with E-state index in [1.165, 1.54) is 37.9 Å². The van der Waals surface area contributed by atoms with Crippen LogP contribution in [0.2, 0.25) is 0 Å². The van der Waals surface area contributed by atoms with Crippen LogP contribution in [-0.2, 0) is 6.54 Å². The fraction of sp³-hybridized carbons (Fsp3) is 0.310. The Kier molecular flexibility index (Phi) is 6.45. The van der Waals surface area contributed by atoms with Crippen molar-refractivity contribution in [3.63, 3.8) is 0 Å². The maximum absolute atomic E-state index is 10.0. The molecule has 1 aliphatic rings. The van der Waals surface area contributed by atoms with Gasteiger partial charge in [-0.25, -0.2) is 0 Å². The molecule has 1 aliphatic heterocycles. The van der Waals surface area contributed by atoms with Crippen molar-refractivity contribution < 1.29 is 14.9 Å². The van der Waals surface area contributed by atoms with Gasteiger partial charge in [-0.3, -0.25) is 4.90 Å². The third kappa shape index (κ3) is 4.90. The summed E-state index contributed by atoms with van der Waals surface area (Å²) in [5.41, 5.74) is 5.35. The summed E-state index contributed by atoms with van der Waals surface area (Å²) in [6.07, 6.45) is 3.95. The van der Waals surface area contributed by atoms with Crippen LogP contribution in [0.4, 0.5) is 0 Å². The number of phenols is 2. The number of rotatable bonds is 7. The van der Waals surface area contributed by atoms with E-state index in [4.69, 9.17) is 4.74 Å². The molecule has 3 aromatic carbocycles. The van der Waals surface area contributed by atoms with Crippen molar-refractivity contribution in [2.75, 3.05) is 26.2 Å². The number of aromatic hydroxyl groups is 2. The standard InChI is InChI=1S/C29H32N2O3/c1-21-17-24(32)7-11-27(21)29-19-23-18-25(33)8-12-28(23)31(29)20-22-5-9-26(10-6-22)34-16-15-30-13-3-2-4-14-30/h5-12,17-19,32-33H,2-4,13-16,20H2,1H3. The molecular weight excluding hydrogens is 424 g/mol. The van der Waals surface area contributed by atoms with Gasteiger partial charge in [0, 0.05) is 35.2 Å². The molecule has 1 aromatic heterocycles. The quantitative estimate of drug-likeness (QED) is 0.361. The number of benzene rings is 3. The Morgan fingerprint density at radius 3 is 2.32 bits per heavy atom. The van der Waals surface area contributed by atoms with Crippen molar-refractivity contribution in [3.05, 3.63) is 77.9 Å². The molecule has 1 saturated heterocycles. The van der Waals surface area contributed by atoms with Crippen molar-refractivity contribution in [1.29, 1.82) is 0 Å². The molecule has 176 valence electrons. The van der Waals surface area contributed by atoms with E-state index in [1.807, 2.05) is 19.1 Å². The summed E-state index contributed by atoms with van der Waals surface area (Å²) in [7, 11) is 0. The Labute approximate surface area is 200 Å². The number of aryl methyl sites for hydroxylation is 1. The van der Waals surface area contributed by atoms with Gasteiger partial charge in [-0.15, -0.1) is 0 Å². The second-order valence-corrected chi connectivity index (χ2v) is 9.25. The molecule has 2 N–H and O–H groups in total. The number of phenolic OH excluding ortho intramolecular Hbond substituents is 2. The highest BCUT2D eigenvalue weighted by molar-refractivity contribution is 5.89.